The molecule has 3 aliphatic rings. The SMILES string of the molecule is O=C(NCCC1CCCCCCC1)C1CCC(=O)N(C2CCCC2)C1. The van der Waals surface area contributed by atoms with Crippen LogP contribution in [0.15, 0.2) is 0 Å². The van der Waals surface area contributed by atoms with Crippen molar-refractivity contribution in [3.8, 4) is 0 Å². The van der Waals surface area contributed by atoms with E-state index in [0.717, 1.165) is 38.1 Å². The van der Waals surface area contributed by atoms with E-state index >= 15 is 0 Å². The van der Waals surface area contributed by atoms with Crippen LogP contribution in [0.4, 0.5) is 0 Å². The number of rotatable bonds is 5. The number of nitrogens with one attached hydrogen (secondary N) is 1. The maximum absolute atomic E-state index is 12.6. The Labute approximate surface area is 153 Å². The van der Waals surface area contributed by atoms with Crippen LogP contribution < -0.4 is 5.32 Å². The predicted molar refractivity (Wildman–Crippen MR) is 100 cm³/mol. The molecule has 2 saturated carbocycles. The third kappa shape index (κ3) is 5.46. The highest BCUT2D eigenvalue weighted by Gasteiger charge is 2.35. The van der Waals surface area contributed by atoms with E-state index in [-0.39, 0.29) is 17.7 Å². The molecule has 1 heterocycles. The monoisotopic (exact) mass is 348 g/mol. The Morgan fingerprint density at radius 3 is 2.28 bits per heavy atom. The zero-order valence-corrected chi connectivity index (χ0v) is 15.8. The number of hydrogen-bond acceptors (Lipinski definition) is 2. The molecular formula is C21H36N2O2. The van der Waals surface area contributed by atoms with E-state index in [1.807, 2.05) is 4.90 Å². The van der Waals surface area contributed by atoms with Gasteiger partial charge in [-0.25, -0.2) is 0 Å². The van der Waals surface area contributed by atoms with Crippen LogP contribution in [0.25, 0.3) is 0 Å². The van der Waals surface area contributed by atoms with Crippen molar-refractivity contribution in [2.45, 2.75) is 95.9 Å². The van der Waals surface area contributed by atoms with Gasteiger partial charge in [0, 0.05) is 25.6 Å². The number of carbonyl (C=O) groups excluding carboxylic acids is 2. The minimum atomic E-state index is 0.00985. The third-order valence-corrected chi connectivity index (χ3v) is 6.66. The van der Waals surface area contributed by atoms with Crippen LogP contribution in [0.5, 0.6) is 0 Å². The van der Waals surface area contributed by atoms with Crippen molar-refractivity contribution in [3.63, 3.8) is 0 Å². The largest absolute Gasteiger partial charge is 0.356 e. The molecule has 1 aliphatic heterocycles. The Balaban J connectivity index is 1.40. The van der Waals surface area contributed by atoms with Crippen molar-refractivity contribution in [1.29, 1.82) is 0 Å². The highest BCUT2D eigenvalue weighted by atomic mass is 16.2. The van der Waals surface area contributed by atoms with Crippen molar-refractivity contribution < 1.29 is 9.59 Å². The lowest BCUT2D eigenvalue weighted by Crippen LogP contribution is -2.49. The van der Waals surface area contributed by atoms with E-state index in [1.165, 1.54) is 57.8 Å². The van der Waals surface area contributed by atoms with Gasteiger partial charge in [0.25, 0.3) is 0 Å². The van der Waals surface area contributed by atoms with Gasteiger partial charge in [0.2, 0.25) is 11.8 Å². The molecule has 0 bridgehead atoms. The summed E-state index contributed by atoms with van der Waals surface area (Å²) in [5.41, 5.74) is 0. The van der Waals surface area contributed by atoms with Crippen molar-refractivity contribution in [2.24, 2.45) is 11.8 Å². The lowest BCUT2D eigenvalue weighted by molar-refractivity contribution is -0.140. The van der Waals surface area contributed by atoms with Gasteiger partial charge in [-0.15, -0.1) is 0 Å². The first-order valence-electron chi connectivity index (χ1n) is 10.8. The van der Waals surface area contributed by atoms with Crippen LogP contribution in [0.1, 0.15) is 89.9 Å². The highest BCUT2D eigenvalue weighted by Crippen LogP contribution is 2.29. The first kappa shape index (κ1) is 18.7. The minimum Gasteiger partial charge on any atom is -0.356 e. The van der Waals surface area contributed by atoms with E-state index in [2.05, 4.69) is 5.32 Å². The average Bonchev–Trinajstić information content (AvgIpc) is 3.11. The molecule has 4 heteroatoms. The number of nitrogens with zero attached hydrogens (tertiary/aromatic N) is 1. The molecule has 2 aliphatic carbocycles. The van der Waals surface area contributed by atoms with E-state index in [4.69, 9.17) is 0 Å². The van der Waals surface area contributed by atoms with E-state index in [0.29, 0.717) is 19.0 Å². The lowest BCUT2D eigenvalue weighted by atomic mass is 9.89. The third-order valence-electron chi connectivity index (χ3n) is 6.66. The Bertz CT molecular complexity index is 437. The van der Waals surface area contributed by atoms with E-state index < -0.39 is 0 Å². The Kier molecular flexibility index (Phi) is 7.18. The standard InChI is InChI=1S/C21H36N2O2/c24-20-13-12-18(16-23(20)19-10-6-7-11-19)21(25)22-15-14-17-8-4-2-1-3-5-9-17/h17-19H,1-16H2,(H,22,25). The molecule has 0 aromatic rings. The summed E-state index contributed by atoms with van der Waals surface area (Å²) >= 11 is 0. The van der Waals surface area contributed by atoms with Gasteiger partial charge in [-0.2, -0.15) is 0 Å². The molecule has 0 spiro atoms. The molecule has 25 heavy (non-hydrogen) atoms. The fraction of sp³-hybridized carbons (Fsp3) is 0.905. The molecule has 2 amide bonds. The van der Waals surface area contributed by atoms with Gasteiger partial charge in [-0.3, -0.25) is 9.59 Å². The van der Waals surface area contributed by atoms with Gasteiger partial charge in [0.05, 0.1) is 5.92 Å². The second-order valence-electron chi connectivity index (χ2n) is 8.51. The molecule has 1 atom stereocenters. The zero-order valence-electron chi connectivity index (χ0n) is 15.8. The van der Waals surface area contributed by atoms with Crippen LogP contribution in [-0.2, 0) is 9.59 Å². The maximum atomic E-state index is 12.6. The first-order valence-corrected chi connectivity index (χ1v) is 10.8. The van der Waals surface area contributed by atoms with Crippen LogP contribution in [0, 0.1) is 11.8 Å². The summed E-state index contributed by atoms with van der Waals surface area (Å²) in [5, 5.41) is 3.18. The molecular weight excluding hydrogens is 312 g/mol. The quantitative estimate of drug-likeness (QED) is 0.815. The molecule has 3 fully saturated rings. The summed E-state index contributed by atoms with van der Waals surface area (Å²) in [6.45, 7) is 1.47. The summed E-state index contributed by atoms with van der Waals surface area (Å²) in [5.74, 6) is 1.26. The van der Waals surface area contributed by atoms with Gasteiger partial charge in [-0.1, -0.05) is 57.8 Å². The summed E-state index contributed by atoms with van der Waals surface area (Å²) < 4.78 is 0. The topological polar surface area (TPSA) is 49.4 Å². The Morgan fingerprint density at radius 1 is 0.920 bits per heavy atom. The average molecular weight is 349 g/mol. The van der Waals surface area contributed by atoms with Gasteiger partial charge in [0.1, 0.15) is 0 Å². The maximum Gasteiger partial charge on any atom is 0.224 e. The highest BCUT2D eigenvalue weighted by molar-refractivity contribution is 5.84. The summed E-state index contributed by atoms with van der Waals surface area (Å²) in [4.78, 5) is 26.8. The lowest BCUT2D eigenvalue weighted by Gasteiger charge is -2.36. The Hall–Kier alpha value is -1.06. The molecule has 4 nitrogen and oxygen atoms in total. The van der Waals surface area contributed by atoms with Crippen LogP contribution in [-0.4, -0.2) is 35.8 Å². The van der Waals surface area contributed by atoms with Crippen molar-refractivity contribution in [2.75, 3.05) is 13.1 Å². The van der Waals surface area contributed by atoms with E-state index in [1.54, 1.807) is 0 Å². The van der Waals surface area contributed by atoms with E-state index in [9.17, 15) is 9.59 Å². The van der Waals surface area contributed by atoms with Crippen molar-refractivity contribution in [3.05, 3.63) is 0 Å². The van der Waals surface area contributed by atoms with Gasteiger partial charge >= 0.3 is 0 Å². The normalized spacial score (nSPS) is 27.1. The number of likely N-dealkylation sites (tertiary alicyclic amines) is 1. The predicted octanol–water partition coefficient (Wildman–Crippen LogP) is 4.03. The molecule has 1 saturated heterocycles. The van der Waals surface area contributed by atoms with Crippen LogP contribution in [0.3, 0.4) is 0 Å². The Morgan fingerprint density at radius 2 is 1.56 bits per heavy atom. The number of piperidine rings is 1. The summed E-state index contributed by atoms with van der Waals surface area (Å²) in [7, 11) is 0. The first-order chi connectivity index (χ1) is 12.2. The molecule has 1 N–H and O–H groups in total. The molecule has 0 aromatic heterocycles. The molecule has 3 rings (SSSR count). The van der Waals surface area contributed by atoms with Crippen LogP contribution in [0.2, 0.25) is 0 Å². The van der Waals surface area contributed by atoms with Crippen molar-refractivity contribution >= 4 is 11.8 Å². The van der Waals surface area contributed by atoms with Gasteiger partial charge in [-0.05, 0) is 31.6 Å². The molecule has 142 valence electrons. The van der Waals surface area contributed by atoms with Gasteiger partial charge < -0.3 is 10.2 Å². The molecule has 0 aromatic carbocycles. The summed E-state index contributed by atoms with van der Waals surface area (Å²) in [6, 6.07) is 0.401. The second-order valence-corrected chi connectivity index (χ2v) is 8.51. The second kappa shape index (κ2) is 9.59. The fourth-order valence-electron chi connectivity index (χ4n) is 5.03. The smallest absolute Gasteiger partial charge is 0.224 e. The number of hydrogen-bond donors (Lipinski definition) is 1. The summed E-state index contributed by atoms with van der Waals surface area (Å²) in [6.07, 6.45) is 16.7. The zero-order chi connectivity index (χ0) is 17.5. The molecule has 0 radical (unpaired) electrons. The number of amides is 2. The van der Waals surface area contributed by atoms with Crippen molar-refractivity contribution in [1.82, 2.24) is 10.2 Å². The van der Waals surface area contributed by atoms with Crippen LogP contribution >= 0.6 is 0 Å². The van der Waals surface area contributed by atoms with Gasteiger partial charge in [0.15, 0.2) is 0 Å². The number of carbonyl (C=O) groups is 2. The fourth-order valence-corrected chi connectivity index (χ4v) is 5.03. The minimum absolute atomic E-state index is 0.00985. The molecule has 1 unspecified atom stereocenters.